The minimum atomic E-state index is -0.660. The van der Waals surface area contributed by atoms with Gasteiger partial charge in [-0.1, -0.05) is 58.4 Å². The molecular weight excluding hydrogens is 422 g/mol. The number of likely N-dealkylation sites (tertiary alicyclic amines) is 1. The van der Waals surface area contributed by atoms with Crippen molar-refractivity contribution in [3.8, 4) is 0 Å². The molecule has 0 spiro atoms. The monoisotopic (exact) mass is 441 g/mol. The SMILES string of the molecule is O=C1C(=O)N(C[C@H]2CCCO2)[C@@H](c2ccc(Br)cc2)C1=C(O)c1ccccc1. The Balaban J connectivity index is 1.81. The number of rotatable bonds is 4. The van der Waals surface area contributed by atoms with E-state index in [-0.39, 0.29) is 17.4 Å². The molecule has 0 unspecified atom stereocenters. The predicted molar refractivity (Wildman–Crippen MR) is 109 cm³/mol. The van der Waals surface area contributed by atoms with Gasteiger partial charge in [0.05, 0.1) is 17.7 Å². The number of halogens is 1. The molecule has 2 heterocycles. The van der Waals surface area contributed by atoms with E-state index in [0.717, 1.165) is 22.9 Å². The summed E-state index contributed by atoms with van der Waals surface area (Å²) in [5, 5.41) is 10.9. The van der Waals surface area contributed by atoms with Gasteiger partial charge in [-0.2, -0.15) is 0 Å². The summed E-state index contributed by atoms with van der Waals surface area (Å²) in [6.45, 7) is 0.998. The zero-order valence-electron chi connectivity index (χ0n) is 15.2. The first kappa shape index (κ1) is 18.9. The first-order valence-corrected chi connectivity index (χ1v) is 10.1. The van der Waals surface area contributed by atoms with Gasteiger partial charge in [0, 0.05) is 23.2 Å². The Morgan fingerprint density at radius 2 is 1.82 bits per heavy atom. The van der Waals surface area contributed by atoms with Crippen molar-refractivity contribution in [2.45, 2.75) is 25.0 Å². The van der Waals surface area contributed by atoms with Crippen molar-refractivity contribution in [2.24, 2.45) is 0 Å². The van der Waals surface area contributed by atoms with Gasteiger partial charge in [0.2, 0.25) is 0 Å². The van der Waals surface area contributed by atoms with E-state index in [1.807, 2.05) is 30.3 Å². The molecule has 5 nitrogen and oxygen atoms in total. The molecule has 2 atom stereocenters. The average Bonchev–Trinajstić information content (AvgIpc) is 3.31. The number of hydrogen-bond donors (Lipinski definition) is 1. The Bertz CT molecular complexity index is 917. The number of carbonyl (C=O) groups excluding carboxylic acids is 2. The Morgan fingerprint density at radius 3 is 2.46 bits per heavy atom. The van der Waals surface area contributed by atoms with Gasteiger partial charge < -0.3 is 14.7 Å². The molecule has 1 N–H and O–H groups in total. The number of amides is 1. The van der Waals surface area contributed by atoms with Crippen molar-refractivity contribution in [1.82, 2.24) is 4.90 Å². The minimum Gasteiger partial charge on any atom is -0.507 e. The molecular formula is C22H20BrNO4. The zero-order chi connectivity index (χ0) is 19.7. The normalized spacial score (nSPS) is 24.1. The third kappa shape index (κ3) is 3.50. The lowest BCUT2D eigenvalue weighted by Gasteiger charge is -2.27. The number of Topliss-reactive ketones (excluding diaryl/α,β-unsaturated/α-hetero) is 1. The highest BCUT2D eigenvalue weighted by Gasteiger charge is 2.46. The molecule has 2 aromatic rings. The maximum atomic E-state index is 12.9. The van der Waals surface area contributed by atoms with Crippen LogP contribution in [0.1, 0.15) is 30.0 Å². The molecule has 144 valence electrons. The fourth-order valence-electron chi connectivity index (χ4n) is 3.82. The number of benzene rings is 2. The van der Waals surface area contributed by atoms with Crippen molar-refractivity contribution in [3.05, 3.63) is 75.8 Å². The Hall–Kier alpha value is -2.44. The molecule has 0 bridgehead atoms. The second-order valence-electron chi connectivity index (χ2n) is 7.00. The number of aliphatic hydroxyl groups is 1. The standard InChI is InChI=1S/C22H20BrNO4/c23-16-10-8-14(9-11-16)19-18(20(25)15-5-2-1-3-6-15)21(26)22(27)24(19)13-17-7-4-12-28-17/h1-3,5-6,8-11,17,19,25H,4,7,12-13H2/t17-,19+/m1/s1. The number of carbonyl (C=O) groups is 2. The van der Waals surface area contributed by atoms with Gasteiger partial charge in [0.1, 0.15) is 5.76 Å². The van der Waals surface area contributed by atoms with E-state index < -0.39 is 17.7 Å². The van der Waals surface area contributed by atoms with Crippen LogP contribution in [0.3, 0.4) is 0 Å². The fourth-order valence-corrected chi connectivity index (χ4v) is 4.08. The first-order valence-electron chi connectivity index (χ1n) is 9.27. The van der Waals surface area contributed by atoms with E-state index >= 15 is 0 Å². The summed E-state index contributed by atoms with van der Waals surface area (Å²) in [5.74, 6) is -1.41. The molecule has 1 amide bonds. The highest BCUT2D eigenvalue weighted by Crippen LogP contribution is 2.40. The smallest absolute Gasteiger partial charge is 0.295 e. The molecule has 0 radical (unpaired) electrons. The van der Waals surface area contributed by atoms with E-state index in [1.165, 1.54) is 4.90 Å². The number of ketones is 1. The summed E-state index contributed by atoms with van der Waals surface area (Å²) in [7, 11) is 0. The summed E-state index contributed by atoms with van der Waals surface area (Å²) in [5.41, 5.74) is 1.41. The molecule has 0 aromatic heterocycles. The van der Waals surface area contributed by atoms with Crippen LogP contribution in [-0.4, -0.2) is 41.0 Å². The van der Waals surface area contributed by atoms with Crippen LogP contribution in [0.5, 0.6) is 0 Å². The van der Waals surface area contributed by atoms with Crippen LogP contribution in [0.25, 0.3) is 5.76 Å². The molecule has 2 aliphatic heterocycles. The third-order valence-electron chi connectivity index (χ3n) is 5.20. The van der Waals surface area contributed by atoms with Gasteiger partial charge >= 0.3 is 0 Å². The molecule has 6 heteroatoms. The molecule has 2 saturated heterocycles. The first-order chi connectivity index (χ1) is 13.6. The minimum absolute atomic E-state index is 0.0899. The van der Waals surface area contributed by atoms with Crippen LogP contribution in [-0.2, 0) is 14.3 Å². The second kappa shape index (κ2) is 7.89. The lowest BCUT2D eigenvalue weighted by atomic mass is 9.95. The van der Waals surface area contributed by atoms with Crippen LogP contribution in [0.15, 0.2) is 64.6 Å². The third-order valence-corrected chi connectivity index (χ3v) is 5.73. The lowest BCUT2D eigenvalue weighted by molar-refractivity contribution is -0.140. The molecule has 2 fully saturated rings. The van der Waals surface area contributed by atoms with Crippen LogP contribution in [0, 0.1) is 0 Å². The summed E-state index contributed by atoms with van der Waals surface area (Å²) in [6.07, 6.45) is 1.71. The second-order valence-corrected chi connectivity index (χ2v) is 7.92. The fraction of sp³-hybridized carbons (Fsp3) is 0.273. The highest BCUT2D eigenvalue weighted by molar-refractivity contribution is 9.10. The van der Waals surface area contributed by atoms with Crippen molar-refractivity contribution >= 4 is 33.4 Å². The van der Waals surface area contributed by atoms with E-state index in [9.17, 15) is 14.7 Å². The van der Waals surface area contributed by atoms with E-state index in [0.29, 0.717) is 18.7 Å². The number of aliphatic hydroxyl groups excluding tert-OH is 1. The molecule has 28 heavy (non-hydrogen) atoms. The average molecular weight is 442 g/mol. The maximum absolute atomic E-state index is 12.9. The predicted octanol–water partition coefficient (Wildman–Crippen LogP) is 4.05. The van der Waals surface area contributed by atoms with E-state index in [2.05, 4.69) is 15.9 Å². The summed E-state index contributed by atoms with van der Waals surface area (Å²) in [4.78, 5) is 27.3. The number of ether oxygens (including phenoxy) is 1. The van der Waals surface area contributed by atoms with Gasteiger partial charge in [-0.15, -0.1) is 0 Å². The Labute approximate surface area is 171 Å². The molecule has 4 rings (SSSR count). The van der Waals surface area contributed by atoms with Gasteiger partial charge in [0.15, 0.2) is 0 Å². The summed E-state index contributed by atoms with van der Waals surface area (Å²) in [6, 6.07) is 15.7. The summed E-state index contributed by atoms with van der Waals surface area (Å²) >= 11 is 3.42. The van der Waals surface area contributed by atoms with Gasteiger partial charge in [-0.05, 0) is 30.5 Å². The lowest BCUT2D eigenvalue weighted by Crippen LogP contribution is -2.36. The number of nitrogens with zero attached hydrogens (tertiary/aromatic N) is 1. The molecule has 0 saturated carbocycles. The van der Waals surface area contributed by atoms with Gasteiger partial charge in [-0.3, -0.25) is 9.59 Å². The highest BCUT2D eigenvalue weighted by atomic mass is 79.9. The largest absolute Gasteiger partial charge is 0.507 e. The molecule has 2 aromatic carbocycles. The van der Waals surface area contributed by atoms with Crippen LogP contribution >= 0.6 is 15.9 Å². The number of hydrogen-bond acceptors (Lipinski definition) is 4. The zero-order valence-corrected chi connectivity index (χ0v) is 16.8. The van der Waals surface area contributed by atoms with E-state index in [1.54, 1.807) is 24.3 Å². The van der Waals surface area contributed by atoms with Crippen LogP contribution in [0.4, 0.5) is 0 Å². The van der Waals surface area contributed by atoms with Crippen molar-refractivity contribution in [2.75, 3.05) is 13.2 Å². The topological polar surface area (TPSA) is 66.8 Å². The Morgan fingerprint density at radius 1 is 1.11 bits per heavy atom. The van der Waals surface area contributed by atoms with Crippen LogP contribution in [0.2, 0.25) is 0 Å². The van der Waals surface area contributed by atoms with Crippen molar-refractivity contribution in [3.63, 3.8) is 0 Å². The molecule has 0 aliphatic carbocycles. The van der Waals surface area contributed by atoms with Crippen LogP contribution < -0.4 is 0 Å². The quantitative estimate of drug-likeness (QED) is 0.441. The van der Waals surface area contributed by atoms with Crippen molar-refractivity contribution in [1.29, 1.82) is 0 Å². The van der Waals surface area contributed by atoms with Gasteiger partial charge in [-0.25, -0.2) is 0 Å². The summed E-state index contributed by atoms with van der Waals surface area (Å²) < 4.78 is 6.59. The molecule has 2 aliphatic rings. The van der Waals surface area contributed by atoms with Gasteiger partial charge in [0.25, 0.3) is 11.7 Å². The van der Waals surface area contributed by atoms with E-state index in [4.69, 9.17) is 4.74 Å². The van der Waals surface area contributed by atoms with Crippen molar-refractivity contribution < 1.29 is 19.4 Å². The maximum Gasteiger partial charge on any atom is 0.295 e. The Kier molecular flexibility index (Phi) is 5.33.